The van der Waals surface area contributed by atoms with Gasteiger partial charge in [0.2, 0.25) is 0 Å². The SMILES string of the molecule is COC(=O)c1ccc(NC2CCCCC2SC)nc1C. The number of hydrogen-bond acceptors (Lipinski definition) is 5. The van der Waals surface area contributed by atoms with Gasteiger partial charge in [-0.15, -0.1) is 0 Å². The van der Waals surface area contributed by atoms with Crippen molar-refractivity contribution in [3.8, 4) is 0 Å². The summed E-state index contributed by atoms with van der Waals surface area (Å²) in [5, 5.41) is 4.17. The Kier molecular flexibility index (Phi) is 5.29. The first-order chi connectivity index (χ1) is 9.65. The largest absolute Gasteiger partial charge is 0.465 e. The Labute approximate surface area is 124 Å². The predicted octanol–water partition coefficient (Wildman–Crippen LogP) is 3.26. The number of pyridine rings is 1. The third-order valence-corrected chi connectivity index (χ3v) is 5.00. The molecule has 110 valence electrons. The molecule has 5 heteroatoms. The summed E-state index contributed by atoms with van der Waals surface area (Å²) < 4.78 is 4.74. The van der Waals surface area contributed by atoms with Crippen LogP contribution in [0.3, 0.4) is 0 Å². The molecule has 2 atom stereocenters. The fraction of sp³-hybridized carbons (Fsp3) is 0.600. The van der Waals surface area contributed by atoms with Gasteiger partial charge in [-0.2, -0.15) is 11.8 Å². The van der Waals surface area contributed by atoms with E-state index in [0.717, 1.165) is 5.82 Å². The zero-order valence-corrected chi connectivity index (χ0v) is 13.1. The minimum absolute atomic E-state index is 0.332. The van der Waals surface area contributed by atoms with Crippen LogP contribution in [0.25, 0.3) is 0 Å². The van der Waals surface area contributed by atoms with Crippen molar-refractivity contribution < 1.29 is 9.53 Å². The zero-order valence-electron chi connectivity index (χ0n) is 12.3. The number of carbonyl (C=O) groups excluding carboxylic acids is 1. The van der Waals surface area contributed by atoms with E-state index in [1.807, 2.05) is 24.8 Å². The maximum atomic E-state index is 11.5. The van der Waals surface area contributed by atoms with E-state index in [9.17, 15) is 4.79 Å². The lowest BCUT2D eigenvalue weighted by Gasteiger charge is -2.31. The second kappa shape index (κ2) is 6.97. The van der Waals surface area contributed by atoms with Crippen molar-refractivity contribution in [2.75, 3.05) is 18.7 Å². The fourth-order valence-electron chi connectivity index (χ4n) is 2.70. The predicted molar refractivity (Wildman–Crippen MR) is 83.5 cm³/mol. The molecule has 1 aromatic rings. The second-order valence-electron chi connectivity index (χ2n) is 5.13. The van der Waals surface area contributed by atoms with Gasteiger partial charge in [0.05, 0.1) is 18.4 Å². The molecule has 2 rings (SSSR count). The Morgan fingerprint density at radius 3 is 2.80 bits per heavy atom. The van der Waals surface area contributed by atoms with Crippen LogP contribution in [0.2, 0.25) is 0 Å². The normalized spacial score (nSPS) is 22.4. The van der Waals surface area contributed by atoms with E-state index in [4.69, 9.17) is 4.74 Å². The number of ether oxygens (including phenoxy) is 1. The number of aromatic nitrogens is 1. The van der Waals surface area contributed by atoms with Gasteiger partial charge in [0.15, 0.2) is 0 Å². The van der Waals surface area contributed by atoms with E-state index in [0.29, 0.717) is 22.5 Å². The van der Waals surface area contributed by atoms with Crippen LogP contribution in [0.4, 0.5) is 5.82 Å². The molecule has 1 aliphatic carbocycles. The van der Waals surface area contributed by atoms with Crippen molar-refractivity contribution >= 4 is 23.5 Å². The van der Waals surface area contributed by atoms with Crippen LogP contribution in [0.15, 0.2) is 12.1 Å². The molecule has 0 radical (unpaired) electrons. The van der Waals surface area contributed by atoms with Gasteiger partial charge in [-0.25, -0.2) is 9.78 Å². The van der Waals surface area contributed by atoms with Gasteiger partial charge in [0.25, 0.3) is 0 Å². The highest BCUT2D eigenvalue weighted by atomic mass is 32.2. The van der Waals surface area contributed by atoms with E-state index in [1.165, 1.54) is 32.8 Å². The van der Waals surface area contributed by atoms with E-state index in [1.54, 1.807) is 6.07 Å². The minimum Gasteiger partial charge on any atom is -0.465 e. The van der Waals surface area contributed by atoms with E-state index in [-0.39, 0.29) is 5.97 Å². The molecule has 0 aromatic carbocycles. The maximum absolute atomic E-state index is 11.5. The molecular formula is C15H22N2O2S. The third-order valence-electron chi connectivity index (χ3n) is 3.83. The molecule has 0 amide bonds. The Balaban J connectivity index is 2.09. The van der Waals surface area contributed by atoms with Gasteiger partial charge in [0.1, 0.15) is 5.82 Å². The molecule has 0 saturated heterocycles. The molecule has 4 nitrogen and oxygen atoms in total. The van der Waals surface area contributed by atoms with Crippen molar-refractivity contribution in [2.24, 2.45) is 0 Å². The standard InChI is InChI=1S/C15H22N2O2S/c1-10-11(15(18)19-2)8-9-14(16-10)17-12-6-4-5-7-13(12)20-3/h8-9,12-13H,4-7H2,1-3H3,(H,16,17). The van der Waals surface area contributed by atoms with Gasteiger partial charge in [-0.05, 0) is 38.2 Å². The summed E-state index contributed by atoms with van der Waals surface area (Å²) in [7, 11) is 1.39. The molecule has 1 fully saturated rings. The van der Waals surface area contributed by atoms with Crippen LogP contribution in [0.1, 0.15) is 41.7 Å². The lowest BCUT2D eigenvalue weighted by molar-refractivity contribution is 0.0599. The Morgan fingerprint density at radius 2 is 2.15 bits per heavy atom. The molecule has 1 N–H and O–H groups in total. The van der Waals surface area contributed by atoms with Crippen LogP contribution in [0, 0.1) is 6.92 Å². The average Bonchev–Trinajstić information content (AvgIpc) is 2.47. The summed E-state index contributed by atoms with van der Waals surface area (Å²) in [6.45, 7) is 1.84. The number of aryl methyl sites for hydroxylation is 1. The maximum Gasteiger partial charge on any atom is 0.339 e. The molecule has 1 aromatic heterocycles. The quantitative estimate of drug-likeness (QED) is 0.864. The number of carbonyl (C=O) groups is 1. The molecule has 0 spiro atoms. The number of anilines is 1. The monoisotopic (exact) mass is 294 g/mol. The van der Waals surface area contributed by atoms with Crippen LogP contribution in [-0.2, 0) is 4.74 Å². The highest BCUT2D eigenvalue weighted by molar-refractivity contribution is 7.99. The number of nitrogens with zero attached hydrogens (tertiary/aromatic N) is 1. The molecule has 20 heavy (non-hydrogen) atoms. The van der Waals surface area contributed by atoms with Crippen molar-refractivity contribution in [3.05, 3.63) is 23.4 Å². The third kappa shape index (κ3) is 3.45. The van der Waals surface area contributed by atoms with Gasteiger partial charge in [-0.1, -0.05) is 12.8 Å². The summed E-state index contributed by atoms with van der Waals surface area (Å²) in [6, 6.07) is 4.12. The number of nitrogens with one attached hydrogen (secondary N) is 1. The van der Waals surface area contributed by atoms with Gasteiger partial charge in [-0.3, -0.25) is 0 Å². The van der Waals surface area contributed by atoms with Crippen molar-refractivity contribution in [1.29, 1.82) is 0 Å². The van der Waals surface area contributed by atoms with E-state index in [2.05, 4.69) is 16.6 Å². The highest BCUT2D eigenvalue weighted by Gasteiger charge is 2.24. The zero-order chi connectivity index (χ0) is 14.5. The molecular weight excluding hydrogens is 272 g/mol. The smallest absolute Gasteiger partial charge is 0.339 e. The lowest BCUT2D eigenvalue weighted by atomic mass is 9.95. The summed E-state index contributed by atoms with van der Waals surface area (Å²) >= 11 is 1.92. The van der Waals surface area contributed by atoms with Crippen LogP contribution in [-0.4, -0.2) is 35.6 Å². The topological polar surface area (TPSA) is 51.2 Å². The Morgan fingerprint density at radius 1 is 1.40 bits per heavy atom. The molecule has 1 heterocycles. The van der Waals surface area contributed by atoms with Crippen molar-refractivity contribution in [3.63, 3.8) is 0 Å². The van der Waals surface area contributed by atoms with Gasteiger partial charge >= 0.3 is 5.97 Å². The van der Waals surface area contributed by atoms with Crippen molar-refractivity contribution in [1.82, 2.24) is 4.98 Å². The van der Waals surface area contributed by atoms with Gasteiger partial charge < -0.3 is 10.1 Å². The summed E-state index contributed by atoms with van der Waals surface area (Å²) in [5.41, 5.74) is 1.24. The molecule has 0 aliphatic heterocycles. The first-order valence-electron chi connectivity index (χ1n) is 7.01. The fourth-order valence-corrected chi connectivity index (χ4v) is 3.64. The lowest BCUT2D eigenvalue weighted by Crippen LogP contribution is -2.34. The van der Waals surface area contributed by atoms with Crippen LogP contribution in [0.5, 0.6) is 0 Å². The second-order valence-corrected chi connectivity index (χ2v) is 6.21. The van der Waals surface area contributed by atoms with Gasteiger partial charge in [0, 0.05) is 11.3 Å². The first kappa shape index (κ1) is 15.2. The minimum atomic E-state index is -0.332. The number of hydrogen-bond donors (Lipinski definition) is 1. The summed E-state index contributed by atoms with van der Waals surface area (Å²) in [6.07, 6.45) is 7.21. The highest BCUT2D eigenvalue weighted by Crippen LogP contribution is 2.29. The summed E-state index contributed by atoms with van der Waals surface area (Å²) in [5.74, 6) is 0.516. The van der Waals surface area contributed by atoms with Crippen LogP contribution < -0.4 is 5.32 Å². The Bertz CT molecular complexity index is 479. The van der Waals surface area contributed by atoms with Crippen molar-refractivity contribution in [2.45, 2.75) is 43.9 Å². The molecule has 1 aliphatic rings. The number of esters is 1. The summed E-state index contributed by atoms with van der Waals surface area (Å²) in [4.78, 5) is 16.0. The molecule has 0 bridgehead atoms. The van der Waals surface area contributed by atoms with E-state index < -0.39 is 0 Å². The molecule has 2 unspecified atom stereocenters. The number of methoxy groups -OCH3 is 1. The first-order valence-corrected chi connectivity index (χ1v) is 8.29. The number of thioether (sulfide) groups is 1. The van der Waals surface area contributed by atoms with Crippen LogP contribution >= 0.6 is 11.8 Å². The molecule has 1 saturated carbocycles. The Hall–Kier alpha value is -1.23. The van der Waals surface area contributed by atoms with E-state index >= 15 is 0 Å². The number of rotatable bonds is 4. The average molecular weight is 294 g/mol.